The van der Waals surface area contributed by atoms with Crippen molar-refractivity contribution in [3.63, 3.8) is 0 Å². The van der Waals surface area contributed by atoms with E-state index in [1.807, 2.05) is 6.92 Å². The number of aromatic nitrogens is 1. The van der Waals surface area contributed by atoms with Gasteiger partial charge in [-0.2, -0.15) is 0 Å². The van der Waals surface area contributed by atoms with Crippen LogP contribution in [0.1, 0.15) is 100 Å². The summed E-state index contributed by atoms with van der Waals surface area (Å²) in [5, 5.41) is 0. The average Bonchev–Trinajstić information content (AvgIpc) is 3.11. The summed E-state index contributed by atoms with van der Waals surface area (Å²) in [5.74, 6) is 0.186. The highest BCUT2D eigenvalue weighted by Gasteiger charge is 2.54. The molecule has 3 aliphatic rings. The Morgan fingerprint density at radius 2 is 1.88 bits per heavy atom. The molecule has 4 nitrogen and oxygen atoms in total. The second-order valence-electron chi connectivity index (χ2n) is 8.95. The third-order valence-electron chi connectivity index (χ3n) is 6.83. The van der Waals surface area contributed by atoms with Crippen LogP contribution in [0.25, 0.3) is 0 Å². The molecule has 4 rings (SSSR count). The molecule has 0 aliphatic carbocycles. The van der Waals surface area contributed by atoms with E-state index in [2.05, 4.69) is 39.2 Å². The zero-order valence-corrected chi connectivity index (χ0v) is 18.1. The molecular weight excluding hydrogens is 342 g/mol. The predicted octanol–water partition coefficient (Wildman–Crippen LogP) is 5.25. The molecule has 0 N–H and O–H groups in total. The van der Waals surface area contributed by atoms with Gasteiger partial charge < -0.3 is 13.4 Å². The summed E-state index contributed by atoms with van der Waals surface area (Å²) < 4.78 is 16.1. The van der Waals surface area contributed by atoms with Crippen LogP contribution in [0.3, 0.4) is 0 Å². The Bertz CT molecular complexity index is 728. The van der Waals surface area contributed by atoms with E-state index in [0.717, 1.165) is 24.8 Å². The van der Waals surface area contributed by atoms with Crippen LogP contribution >= 0.6 is 0 Å². The normalized spacial score (nSPS) is 29.8. The molecule has 0 unspecified atom stereocenters. The first-order valence-electron chi connectivity index (χ1n) is 10.5. The maximum atomic E-state index is 13.5. The van der Waals surface area contributed by atoms with Crippen molar-refractivity contribution in [3.05, 3.63) is 22.5 Å². The molecule has 1 aromatic heterocycles. The van der Waals surface area contributed by atoms with Gasteiger partial charge in [-0.3, -0.25) is 4.79 Å². The number of hydrogen-bond acceptors (Lipinski definition) is 3. The topological polar surface area (TPSA) is 40.5 Å². The van der Waals surface area contributed by atoms with Gasteiger partial charge in [0, 0.05) is 17.3 Å². The second kappa shape index (κ2) is 6.32. The summed E-state index contributed by atoms with van der Waals surface area (Å²) in [4.78, 5) is 13.5. The molecular formula is C21H33NO3Si. The Morgan fingerprint density at radius 1 is 1.19 bits per heavy atom. The van der Waals surface area contributed by atoms with Gasteiger partial charge in [0.2, 0.25) is 0 Å². The minimum atomic E-state index is -2.52. The van der Waals surface area contributed by atoms with Crippen LogP contribution in [0.5, 0.6) is 0 Å². The molecule has 0 spiro atoms. The van der Waals surface area contributed by atoms with Crippen molar-refractivity contribution in [2.45, 2.75) is 103 Å². The van der Waals surface area contributed by atoms with Crippen LogP contribution < -0.4 is 0 Å². The highest BCUT2D eigenvalue weighted by atomic mass is 28.4. The first kappa shape index (κ1) is 18.5. The lowest BCUT2D eigenvalue weighted by molar-refractivity contribution is 0.0490. The third kappa shape index (κ3) is 2.36. The maximum Gasteiger partial charge on any atom is 0.344 e. The minimum Gasteiger partial charge on any atom is -0.385 e. The van der Waals surface area contributed by atoms with Gasteiger partial charge in [0.1, 0.15) is 6.10 Å². The maximum absolute atomic E-state index is 13.5. The van der Waals surface area contributed by atoms with E-state index in [4.69, 9.17) is 8.85 Å². The fraction of sp³-hybridized carbons (Fsp3) is 0.762. The monoisotopic (exact) mass is 375 g/mol. The van der Waals surface area contributed by atoms with Crippen LogP contribution in [-0.2, 0) is 21.7 Å². The van der Waals surface area contributed by atoms with Gasteiger partial charge in [-0.1, -0.05) is 34.6 Å². The summed E-state index contributed by atoms with van der Waals surface area (Å²) in [5.41, 5.74) is 5.44. The Hall–Kier alpha value is -0.913. The van der Waals surface area contributed by atoms with Gasteiger partial charge >= 0.3 is 8.56 Å². The van der Waals surface area contributed by atoms with Gasteiger partial charge in [0.25, 0.3) is 0 Å². The lowest BCUT2D eigenvalue weighted by atomic mass is 9.92. The minimum absolute atomic E-state index is 0.0278. The van der Waals surface area contributed by atoms with Crippen LogP contribution in [0.15, 0.2) is 0 Å². The lowest BCUT2D eigenvalue weighted by Gasteiger charge is -2.42. The molecule has 3 atom stereocenters. The zero-order valence-electron chi connectivity index (χ0n) is 17.1. The van der Waals surface area contributed by atoms with Crippen molar-refractivity contribution >= 4 is 14.3 Å². The van der Waals surface area contributed by atoms with E-state index in [9.17, 15) is 4.79 Å². The van der Waals surface area contributed by atoms with Gasteiger partial charge in [0.05, 0.1) is 11.8 Å². The standard InChI is InChI=1S/C21H33NO3Si/c1-7-16-17-10-8-9-15-11-18-20(22(15)17)19(16)21(23)14(6)24-26(25-18,12(2)3)13(4)5/h12-15,18H,7-11H2,1-6H3/t14-,15+,18-/m0/s1. The summed E-state index contributed by atoms with van der Waals surface area (Å²) in [6, 6.07) is 0.505. The fourth-order valence-corrected chi connectivity index (χ4v) is 9.47. The highest BCUT2D eigenvalue weighted by molar-refractivity contribution is 6.70. The van der Waals surface area contributed by atoms with E-state index in [1.165, 1.54) is 29.8 Å². The summed E-state index contributed by atoms with van der Waals surface area (Å²) in [6.45, 7) is 12.9. The molecule has 1 aromatic rings. The summed E-state index contributed by atoms with van der Waals surface area (Å²) >= 11 is 0. The number of rotatable bonds is 3. The second-order valence-corrected chi connectivity index (χ2v) is 13.2. The van der Waals surface area contributed by atoms with Crippen molar-refractivity contribution in [2.75, 3.05) is 0 Å². The number of ketones is 1. The number of carbonyl (C=O) groups excluding carboxylic acids is 1. The van der Waals surface area contributed by atoms with Crippen LogP contribution in [0, 0.1) is 0 Å². The molecule has 0 amide bonds. The van der Waals surface area contributed by atoms with E-state index >= 15 is 0 Å². The van der Waals surface area contributed by atoms with Gasteiger partial charge in [-0.05, 0) is 55.7 Å². The average molecular weight is 376 g/mol. The number of carbonyl (C=O) groups is 1. The Morgan fingerprint density at radius 3 is 2.50 bits per heavy atom. The van der Waals surface area contributed by atoms with Crippen molar-refractivity contribution in [1.82, 2.24) is 4.57 Å². The van der Waals surface area contributed by atoms with Crippen LogP contribution in [-0.4, -0.2) is 25.0 Å². The molecule has 0 bridgehead atoms. The molecule has 0 radical (unpaired) electrons. The Kier molecular flexibility index (Phi) is 4.48. The van der Waals surface area contributed by atoms with Crippen molar-refractivity contribution in [3.8, 4) is 0 Å². The largest absolute Gasteiger partial charge is 0.385 e. The number of Topliss-reactive ketones (excluding diaryl/α,β-unsaturated/α-hetero) is 1. The SMILES string of the molecule is CCc1c2c3n4c1CCC[C@@H]4C[C@@H]3O[Si](C(C)C)(C(C)C)O[C@@H](C)C2=O. The smallest absolute Gasteiger partial charge is 0.344 e. The van der Waals surface area contributed by atoms with Crippen LogP contribution in [0.4, 0.5) is 0 Å². The molecule has 144 valence electrons. The summed E-state index contributed by atoms with van der Waals surface area (Å²) in [6.07, 6.45) is 5.07. The number of hydrogen-bond donors (Lipinski definition) is 0. The zero-order chi connectivity index (χ0) is 18.8. The molecule has 4 heterocycles. The molecule has 3 aliphatic heterocycles. The Balaban J connectivity index is 1.93. The molecule has 0 saturated heterocycles. The van der Waals surface area contributed by atoms with Crippen molar-refractivity contribution in [1.29, 1.82) is 0 Å². The Labute approximate surface area is 158 Å². The predicted molar refractivity (Wildman–Crippen MR) is 105 cm³/mol. The van der Waals surface area contributed by atoms with Gasteiger partial charge in [-0.25, -0.2) is 0 Å². The van der Waals surface area contributed by atoms with Crippen molar-refractivity contribution < 1.29 is 13.6 Å². The number of nitrogens with zero attached hydrogens (tertiary/aromatic N) is 1. The highest BCUT2D eigenvalue weighted by Crippen LogP contribution is 2.52. The third-order valence-corrected chi connectivity index (χ3v) is 11.4. The van der Waals surface area contributed by atoms with E-state index in [1.54, 1.807) is 0 Å². The fourth-order valence-electron chi connectivity index (χ4n) is 5.68. The van der Waals surface area contributed by atoms with Crippen LogP contribution in [0.2, 0.25) is 11.1 Å². The molecule has 0 aromatic carbocycles. The molecule has 0 saturated carbocycles. The molecule has 26 heavy (non-hydrogen) atoms. The van der Waals surface area contributed by atoms with Gasteiger partial charge in [0.15, 0.2) is 5.78 Å². The molecule has 0 fully saturated rings. The quantitative estimate of drug-likeness (QED) is 0.677. The molecule has 5 heteroatoms. The first-order chi connectivity index (χ1) is 12.3. The van der Waals surface area contributed by atoms with E-state index in [-0.39, 0.29) is 11.9 Å². The van der Waals surface area contributed by atoms with Gasteiger partial charge in [-0.15, -0.1) is 0 Å². The van der Waals surface area contributed by atoms with Crippen molar-refractivity contribution in [2.24, 2.45) is 0 Å². The lowest BCUT2D eigenvalue weighted by Crippen LogP contribution is -2.53. The first-order valence-corrected chi connectivity index (χ1v) is 12.4. The van der Waals surface area contributed by atoms with E-state index < -0.39 is 14.7 Å². The van der Waals surface area contributed by atoms with E-state index in [0.29, 0.717) is 17.1 Å². The summed E-state index contributed by atoms with van der Waals surface area (Å²) in [7, 11) is -2.52.